The molecule has 0 fully saturated rings. The van der Waals surface area contributed by atoms with Crippen LogP contribution < -0.4 is 5.32 Å². The first-order chi connectivity index (χ1) is 8.56. The molecule has 0 spiro atoms. The zero-order valence-corrected chi connectivity index (χ0v) is 11.4. The lowest BCUT2D eigenvalue weighted by Gasteiger charge is -2.12. The fraction of sp³-hybridized carbons (Fsp3) is 0.455. The molecule has 2 aromatic heterocycles. The predicted molar refractivity (Wildman–Crippen MR) is 68.2 cm³/mol. The van der Waals surface area contributed by atoms with Gasteiger partial charge in [-0.1, -0.05) is 5.21 Å². The van der Waals surface area contributed by atoms with Gasteiger partial charge in [-0.25, -0.2) is 9.67 Å². The Morgan fingerprint density at radius 3 is 2.89 bits per heavy atom. The number of amides is 1. The van der Waals surface area contributed by atoms with E-state index in [0.717, 1.165) is 15.6 Å². The fourth-order valence-electron chi connectivity index (χ4n) is 1.77. The van der Waals surface area contributed by atoms with E-state index < -0.39 is 0 Å². The van der Waals surface area contributed by atoms with Gasteiger partial charge in [-0.3, -0.25) is 4.79 Å². The van der Waals surface area contributed by atoms with Gasteiger partial charge in [-0.05, 0) is 20.8 Å². The maximum atomic E-state index is 11.8. The van der Waals surface area contributed by atoms with Gasteiger partial charge in [0.05, 0.1) is 22.9 Å². The van der Waals surface area contributed by atoms with Crippen LogP contribution >= 0.6 is 11.3 Å². The lowest BCUT2D eigenvalue weighted by Crippen LogP contribution is -2.30. The van der Waals surface area contributed by atoms with Gasteiger partial charge in [-0.2, -0.15) is 0 Å². The molecule has 0 aliphatic rings. The van der Waals surface area contributed by atoms with Crippen LogP contribution in [0.1, 0.15) is 28.5 Å². The van der Waals surface area contributed by atoms with E-state index in [2.05, 4.69) is 20.6 Å². The van der Waals surface area contributed by atoms with Crippen molar-refractivity contribution < 1.29 is 4.79 Å². The molecule has 6 nitrogen and oxygen atoms in total. The summed E-state index contributed by atoms with van der Waals surface area (Å²) < 4.78 is 1.49. The Hall–Kier alpha value is -1.76. The number of hydrogen-bond acceptors (Lipinski definition) is 5. The minimum Gasteiger partial charge on any atom is -0.346 e. The minimum atomic E-state index is -0.0990. The maximum absolute atomic E-state index is 11.8. The van der Waals surface area contributed by atoms with Crippen molar-refractivity contribution in [2.75, 3.05) is 0 Å². The summed E-state index contributed by atoms with van der Waals surface area (Å²) >= 11 is 1.64. The SMILES string of the molecule is Cc1nc([C@H](C)NC(=O)Cn2ccnn2)c(C)s1. The summed E-state index contributed by atoms with van der Waals surface area (Å²) in [7, 11) is 0. The fourth-order valence-corrected chi connectivity index (χ4v) is 2.68. The third-order valence-corrected chi connectivity index (χ3v) is 3.41. The second kappa shape index (κ2) is 5.26. The van der Waals surface area contributed by atoms with Gasteiger partial charge >= 0.3 is 0 Å². The van der Waals surface area contributed by atoms with Crippen LogP contribution in [0, 0.1) is 13.8 Å². The van der Waals surface area contributed by atoms with Crippen LogP contribution in [-0.4, -0.2) is 25.9 Å². The molecule has 2 heterocycles. The number of carbonyl (C=O) groups excluding carboxylic acids is 1. The number of thiazole rings is 1. The topological polar surface area (TPSA) is 72.7 Å². The van der Waals surface area contributed by atoms with Gasteiger partial charge < -0.3 is 5.32 Å². The first-order valence-corrected chi connectivity index (χ1v) is 6.45. The highest BCUT2D eigenvalue weighted by Crippen LogP contribution is 2.22. The molecule has 1 N–H and O–H groups in total. The van der Waals surface area contributed by atoms with Crippen molar-refractivity contribution in [2.45, 2.75) is 33.4 Å². The minimum absolute atomic E-state index is 0.0917. The number of aromatic nitrogens is 4. The van der Waals surface area contributed by atoms with E-state index in [0.29, 0.717) is 0 Å². The van der Waals surface area contributed by atoms with Gasteiger partial charge in [0.1, 0.15) is 6.54 Å². The van der Waals surface area contributed by atoms with E-state index in [1.54, 1.807) is 23.7 Å². The summed E-state index contributed by atoms with van der Waals surface area (Å²) in [6.07, 6.45) is 3.20. The zero-order chi connectivity index (χ0) is 13.1. The van der Waals surface area contributed by atoms with Crippen molar-refractivity contribution in [2.24, 2.45) is 0 Å². The second-order valence-corrected chi connectivity index (χ2v) is 5.47. The summed E-state index contributed by atoms with van der Waals surface area (Å²) in [5.41, 5.74) is 0.935. The highest BCUT2D eigenvalue weighted by molar-refractivity contribution is 7.11. The highest BCUT2D eigenvalue weighted by atomic mass is 32.1. The van der Waals surface area contributed by atoms with Crippen LogP contribution in [-0.2, 0) is 11.3 Å². The average molecular weight is 265 g/mol. The van der Waals surface area contributed by atoms with Crippen LogP contribution in [0.25, 0.3) is 0 Å². The van der Waals surface area contributed by atoms with E-state index >= 15 is 0 Å². The van der Waals surface area contributed by atoms with E-state index in [1.807, 2.05) is 20.8 Å². The van der Waals surface area contributed by atoms with Gasteiger partial charge in [0.25, 0.3) is 0 Å². The summed E-state index contributed by atoms with van der Waals surface area (Å²) in [5, 5.41) is 11.3. The van der Waals surface area contributed by atoms with Crippen molar-refractivity contribution in [1.82, 2.24) is 25.3 Å². The molecule has 18 heavy (non-hydrogen) atoms. The van der Waals surface area contributed by atoms with Gasteiger partial charge in [0, 0.05) is 11.1 Å². The molecular weight excluding hydrogens is 250 g/mol. The molecule has 96 valence electrons. The van der Waals surface area contributed by atoms with Crippen LogP contribution in [0.4, 0.5) is 0 Å². The molecule has 0 bridgehead atoms. The number of carbonyl (C=O) groups is 1. The van der Waals surface area contributed by atoms with Crippen molar-refractivity contribution in [3.63, 3.8) is 0 Å². The van der Waals surface area contributed by atoms with E-state index in [1.165, 1.54) is 4.68 Å². The summed E-state index contributed by atoms with van der Waals surface area (Å²) in [6.45, 7) is 6.08. The molecule has 0 aliphatic heterocycles. The van der Waals surface area contributed by atoms with Gasteiger partial charge in [0.15, 0.2) is 0 Å². The number of nitrogens with one attached hydrogen (secondary N) is 1. The van der Waals surface area contributed by atoms with Crippen LogP contribution in [0.2, 0.25) is 0 Å². The smallest absolute Gasteiger partial charge is 0.242 e. The van der Waals surface area contributed by atoms with Crippen molar-refractivity contribution in [3.05, 3.63) is 28.0 Å². The molecule has 0 saturated carbocycles. The van der Waals surface area contributed by atoms with Crippen LogP contribution in [0.5, 0.6) is 0 Å². The third kappa shape index (κ3) is 2.92. The number of aryl methyl sites for hydroxylation is 2. The Bertz CT molecular complexity index is 534. The Balaban J connectivity index is 1.97. The molecule has 2 rings (SSSR count). The molecule has 0 aliphatic carbocycles. The Labute approximate surface area is 109 Å². The van der Waals surface area contributed by atoms with E-state index in [4.69, 9.17) is 0 Å². The standard InChI is InChI=1S/C11H15N5OS/c1-7(11-8(2)18-9(3)14-11)13-10(17)6-16-5-4-12-15-16/h4-5,7H,6H2,1-3H3,(H,13,17)/t7-/m0/s1. The van der Waals surface area contributed by atoms with Crippen molar-refractivity contribution >= 4 is 17.2 Å². The molecule has 1 atom stereocenters. The van der Waals surface area contributed by atoms with Crippen LogP contribution in [0.3, 0.4) is 0 Å². The van der Waals surface area contributed by atoms with Crippen molar-refractivity contribution in [3.8, 4) is 0 Å². The summed E-state index contributed by atoms with van der Waals surface area (Å²) in [4.78, 5) is 17.4. The van der Waals surface area contributed by atoms with Gasteiger partial charge in [0.2, 0.25) is 5.91 Å². The summed E-state index contributed by atoms with van der Waals surface area (Å²) in [5.74, 6) is -0.0990. The Kier molecular flexibility index (Phi) is 3.71. The lowest BCUT2D eigenvalue weighted by atomic mass is 10.2. The number of nitrogens with zero attached hydrogens (tertiary/aromatic N) is 4. The molecule has 0 saturated heterocycles. The number of hydrogen-bond donors (Lipinski definition) is 1. The maximum Gasteiger partial charge on any atom is 0.242 e. The van der Waals surface area contributed by atoms with E-state index in [-0.39, 0.29) is 18.5 Å². The van der Waals surface area contributed by atoms with E-state index in [9.17, 15) is 4.79 Å². The predicted octanol–water partition coefficient (Wildman–Crippen LogP) is 1.23. The highest BCUT2D eigenvalue weighted by Gasteiger charge is 2.15. The summed E-state index contributed by atoms with van der Waals surface area (Å²) in [6, 6.07) is -0.0917. The molecule has 0 radical (unpaired) electrons. The Morgan fingerprint density at radius 2 is 2.33 bits per heavy atom. The molecule has 0 unspecified atom stereocenters. The quantitative estimate of drug-likeness (QED) is 0.902. The normalized spacial score (nSPS) is 12.4. The monoisotopic (exact) mass is 265 g/mol. The zero-order valence-electron chi connectivity index (χ0n) is 10.5. The molecule has 1 amide bonds. The lowest BCUT2D eigenvalue weighted by molar-refractivity contribution is -0.122. The molecule has 7 heteroatoms. The Morgan fingerprint density at radius 1 is 1.56 bits per heavy atom. The molecule has 0 aromatic carbocycles. The van der Waals surface area contributed by atoms with Crippen LogP contribution in [0.15, 0.2) is 12.4 Å². The average Bonchev–Trinajstić information content (AvgIpc) is 2.88. The molecular formula is C11H15N5OS. The first-order valence-electron chi connectivity index (χ1n) is 5.63. The third-order valence-electron chi connectivity index (χ3n) is 2.50. The van der Waals surface area contributed by atoms with Gasteiger partial charge in [-0.15, -0.1) is 16.4 Å². The van der Waals surface area contributed by atoms with Crippen molar-refractivity contribution in [1.29, 1.82) is 0 Å². The number of rotatable bonds is 4. The largest absolute Gasteiger partial charge is 0.346 e. The molecule has 2 aromatic rings. The first kappa shape index (κ1) is 12.7. The second-order valence-electron chi connectivity index (χ2n) is 4.06.